The SMILES string of the molecule is COCCOC1CCN(C(=O)N[C@@H]2CC[C@@H](C)C[C@@H]2C)CC1. The standard InChI is InChI=1S/C17H32N2O3/c1-13-4-5-16(14(2)12-13)18-17(20)19-8-6-15(7-9-19)22-11-10-21-3/h13-16H,4-12H2,1-3H3,(H,18,20)/t13-,14+,16-/m1/s1. The predicted octanol–water partition coefficient (Wildman–Crippen LogP) is 2.65. The second kappa shape index (κ2) is 8.73. The maximum absolute atomic E-state index is 12.4. The minimum atomic E-state index is 0.113. The molecule has 2 fully saturated rings. The van der Waals surface area contributed by atoms with Crippen LogP contribution in [0.3, 0.4) is 0 Å². The van der Waals surface area contributed by atoms with Crippen LogP contribution in [0, 0.1) is 11.8 Å². The first-order chi connectivity index (χ1) is 10.6. The maximum atomic E-state index is 12.4. The van der Waals surface area contributed by atoms with E-state index in [0.717, 1.165) is 38.3 Å². The van der Waals surface area contributed by atoms with Crippen molar-refractivity contribution in [3.8, 4) is 0 Å². The third-order valence-corrected chi connectivity index (χ3v) is 5.11. The predicted molar refractivity (Wildman–Crippen MR) is 86.9 cm³/mol. The van der Waals surface area contributed by atoms with Gasteiger partial charge in [0.2, 0.25) is 0 Å². The highest BCUT2D eigenvalue weighted by Crippen LogP contribution is 2.28. The molecule has 3 atom stereocenters. The molecule has 2 amide bonds. The van der Waals surface area contributed by atoms with Crippen LogP contribution in [0.2, 0.25) is 0 Å². The van der Waals surface area contributed by atoms with Crippen LogP contribution in [0.1, 0.15) is 46.0 Å². The van der Waals surface area contributed by atoms with E-state index in [-0.39, 0.29) is 12.1 Å². The Hall–Kier alpha value is -0.810. The van der Waals surface area contributed by atoms with Crippen LogP contribution in [-0.2, 0) is 9.47 Å². The molecule has 0 aromatic rings. The largest absolute Gasteiger partial charge is 0.382 e. The quantitative estimate of drug-likeness (QED) is 0.794. The molecular formula is C17H32N2O3. The average Bonchev–Trinajstić information content (AvgIpc) is 2.51. The molecule has 0 radical (unpaired) electrons. The third-order valence-electron chi connectivity index (χ3n) is 5.11. The summed E-state index contributed by atoms with van der Waals surface area (Å²) in [6.45, 7) is 7.44. The number of urea groups is 1. The van der Waals surface area contributed by atoms with E-state index in [1.54, 1.807) is 7.11 Å². The number of methoxy groups -OCH3 is 1. The van der Waals surface area contributed by atoms with Crippen molar-refractivity contribution < 1.29 is 14.3 Å². The second-order valence-electron chi connectivity index (χ2n) is 7.00. The van der Waals surface area contributed by atoms with Gasteiger partial charge in [0.15, 0.2) is 0 Å². The van der Waals surface area contributed by atoms with Crippen molar-refractivity contribution in [2.75, 3.05) is 33.4 Å². The molecule has 0 aromatic carbocycles. The summed E-state index contributed by atoms with van der Waals surface area (Å²) in [5.41, 5.74) is 0. The Morgan fingerprint density at radius 2 is 1.86 bits per heavy atom. The maximum Gasteiger partial charge on any atom is 0.317 e. The molecule has 1 aliphatic heterocycles. The number of carbonyl (C=O) groups is 1. The van der Waals surface area contributed by atoms with Gasteiger partial charge in [-0.1, -0.05) is 13.8 Å². The summed E-state index contributed by atoms with van der Waals surface area (Å²) >= 11 is 0. The number of hydrogen-bond donors (Lipinski definition) is 1. The van der Waals surface area contributed by atoms with Crippen molar-refractivity contribution in [2.24, 2.45) is 11.8 Å². The van der Waals surface area contributed by atoms with Gasteiger partial charge in [-0.2, -0.15) is 0 Å². The first-order valence-corrected chi connectivity index (χ1v) is 8.76. The van der Waals surface area contributed by atoms with E-state index in [2.05, 4.69) is 19.2 Å². The fourth-order valence-electron chi connectivity index (χ4n) is 3.65. The lowest BCUT2D eigenvalue weighted by Crippen LogP contribution is -2.51. The highest BCUT2D eigenvalue weighted by molar-refractivity contribution is 5.74. The zero-order valence-electron chi connectivity index (χ0n) is 14.3. The summed E-state index contributed by atoms with van der Waals surface area (Å²) in [5, 5.41) is 3.25. The summed E-state index contributed by atoms with van der Waals surface area (Å²) in [4.78, 5) is 14.4. The monoisotopic (exact) mass is 312 g/mol. The van der Waals surface area contributed by atoms with E-state index in [0.29, 0.717) is 25.2 Å². The summed E-state index contributed by atoms with van der Waals surface area (Å²) in [6, 6.07) is 0.459. The molecule has 22 heavy (non-hydrogen) atoms. The Labute approximate surface area is 134 Å². The average molecular weight is 312 g/mol. The summed E-state index contributed by atoms with van der Waals surface area (Å²) in [5.74, 6) is 1.38. The van der Waals surface area contributed by atoms with Gasteiger partial charge in [0.25, 0.3) is 0 Å². The summed E-state index contributed by atoms with van der Waals surface area (Å²) in [6.07, 6.45) is 5.69. The molecule has 2 rings (SSSR count). The fraction of sp³-hybridized carbons (Fsp3) is 0.941. The highest BCUT2D eigenvalue weighted by Gasteiger charge is 2.29. The molecule has 1 aliphatic carbocycles. The smallest absolute Gasteiger partial charge is 0.317 e. The Kier molecular flexibility index (Phi) is 6.96. The van der Waals surface area contributed by atoms with Crippen molar-refractivity contribution in [3.05, 3.63) is 0 Å². The van der Waals surface area contributed by atoms with Crippen LogP contribution < -0.4 is 5.32 Å². The fourth-order valence-corrected chi connectivity index (χ4v) is 3.65. The van der Waals surface area contributed by atoms with Crippen LogP contribution in [0.5, 0.6) is 0 Å². The first kappa shape index (κ1) is 17.5. The number of ether oxygens (including phenoxy) is 2. The number of amides is 2. The van der Waals surface area contributed by atoms with E-state index in [4.69, 9.17) is 9.47 Å². The number of carbonyl (C=O) groups excluding carboxylic acids is 1. The van der Waals surface area contributed by atoms with Gasteiger partial charge in [0, 0.05) is 26.2 Å². The van der Waals surface area contributed by atoms with Crippen molar-refractivity contribution in [2.45, 2.75) is 58.1 Å². The number of likely N-dealkylation sites (tertiary alicyclic amines) is 1. The van der Waals surface area contributed by atoms with Crippen molar-refractivity contribution in [3.63, 3.8) is 0 Å². The van der Waals surface area contributed by atoms with Crippen LogP contribution in [0.15, 0.2) is 0 Å². The Morgan fingerprint density at radius 1 is 1.14 bits per heavy atom. The minimum absolute atomic E-state index is 0.113. The molecule has 0 aromatic heterocycles. The van der Waals surface area contributed by atoms with Crippen molar-refractivity contribution >= 4 is 6.03 Å². The number of hydrogen-bond acceptors (Lipinski definition) is 3. The second-order valence-corrected chi connectivity index (χ2v) is 7.00. The van der Waals surface area contributed by atoms with Crippen molar-refractivity contribution in [1.82, 2.24) is 10.2 Å². The normalized spacial score (nSPS) is 30.3. The highest BCUT2D eigenvalue weighted by atomic mass is 16.5. The summed E-state index contributed by atoms with van der Waals surface area (Å²) < 4.78 is 10.7. The van der Waals surface area contributed by atoms with E-state index in [1.807, 2.05) is 4.90 Å². The molecule has 1 saturated carbocycles. The van der Waals surface area contributed by atoms with E-state index < -0.39 is 0 Å². The van der Waals surface area contributed by atoms with Crippen LogP contribution in [0.4, 0.5) is 4.79 Å². The number of rotatable bonds is 5. The van der Waals surface area contributed by atoms with Crippen LogP contribution in [-0.4, -0.2) is 56.5 Å². The van der Waals surface area contributed by atoms with Gasteiger partial charge in [-0.15, -0.1) is 0 Å². The third kappa shape index (κ3) is 5.13. The van der Waals surface area contributed by atoms with Gasteiger partial charge >= 0.3 is 6.03 Å². The molecule has 0 bridgehead atoms. The van der Waals surface area contributed by atoms with Gasteiger partial charge in [-0.3, -0.25) is 0 Å². The molecule has 0 unspecified atom stereocenters. The lowest BCUT2D eigenvalue weighted by atomic mass is 9.80. The molecule has 5 heteroatoms. The zero-order valence-corrected chi connectivity index (χ0v) is 14.3. The minimum Gasteiger partial charge on any atom is -0.382 e. The van der Waals surface area contributed by atoms with Gasteiger partial charge in [0.1, 0.15) is 0 Å². The van der Waals surface area contributed by atoms with E-state index in [9.17, 15) is 4.79 Å². The van der Waals surface area contributed by atoms with Gasteiger partial charge in [0.05, 0.1) is 19.3 Å². The lowest BCUT2D eigenvalue weighted by molar-refractivity contribution is -0.00949. The van der Waals surface area contributed by atoms with E-state index in [1.165, 1.54) is 12.8 Å². The van der Waals surface area contributed by atoms with E-state index >= 15 is 0 Å². The van der Waals surface area contributed by atoms with Crippen molar-refractivity contribution in [1.29, 1.82) is 0 Å². The van der Waals surface area contributed by atoms with Gasteiger partial charge in [-0.05, 0) is 43.9 Å². The molecule has 1 heterocycles. The molecule has 128 valence electrons. The van der Waals surface area contributed by atoms with Crippen LogP contribution in [0.25, 0.3) is 0 Å². The molecule has 5 nitrogen and oxygen atoms in total. The molecular weight excluding hydrogens is 280 g/mol. The number of piperidine rings is 1. The van der Waals surface area contributed by atoms with Gasteiger partial charge in [-0.25, -0.2) is 4.79 Å². The lowest BCUT2D eigenvalue weighted by Gasteiger charge is -2.37. The molecule has 1 saturated heterocycles. The molecule has 1 N–H and O–H groups in total. The van der Waals surface area contributed by atoms with Gasteiger partial charge < -0.3 is 19.7 Å². The Morgan fingerprint density at radius 3 is 2.50 bits per heavy atom. The summed E-state index contributed by atoms with van der Waals surface area (Å²) in [7, 11) is 1.68. The first-order valence-electron chi connectivity index (χ1n) is 8.76. The zero-order chi connectivity index (χ0) is 15.9. The Bertz CT molecular complexity index is 343. The Balaban J connectivity index is 1.69. The number of nitrogens with zero attached hydrogens (tertiary/aromatic N) is 1. The molecule has 0 spiro atoms. The topological polar surface area (TPSA) is 50.8 Å². The van der Waals surface area contributed by atoms with Crippen LogP contribution >= 0.6 is 0 Å². The molecule has 2 aliphatic rings. The number of nitrogens with one attached hydrogen (secondary N) is 1.